The van der Waals surface area contributed by atoms with Crippen molar-refractivity contribution in [3.63, 3.8) is 0 Å². The van der Waals surface area contributed by atoms with Crippen LogP contribution in [0, 0.1) is 5.82 Å². The second-order valence-corrected chi connectivity index (χ2v) is 2.17. The minimum absolute atomic E-state index is 0.132. The van der Waals surface area contributed by atoms with E-state index in [0.717, 1.165) is 12.3 Å². The fourth-order valence-electron chi connectivity index (χ4n) is 0.815. The maximum atomic E-state index is 12.9. The fourth-order valence-corrected chi connectivity index (χ4v) is 0.815. The summed E-state index contributed by atoms with van der Waals surface area (Å²) in [7, 11) is 0. The van der Waals surface area contributed by atoms with E-state index in [9.17, 15) is 13.2 Å². The normalized spacial score (nSPS) is 8.81. The van der Waals surface area contributed by atoms with Crippen molar-refractivity contribution in [3.8, 4) is 0 Å². The van der Waals surface area contributed by atoms with Crippen LogP contribution in [0.15, 0.2) is 12.3 Å². The molecule has 0 aliphatic heterocycles. The van der Waals surface area contributed by atoms with Gasteiger partial charge in [-0.2, -0.15) is 0 Å². The molecule has 1 aromatic rings. The minimum Gasteiger partial charge on any atom is -0.325 e. The van der Waals surface area contributed by atoms with Crippen molar-refractivity contribution in [2.75, 3.05) is 0 Å². The summed E-state index contributed by atoms with van der Waals surface area (Å²) in [5, 5.41) is 0. The van der Waals surface area contributed by atoms with E-state index < -0.39 is 17.8 Å². The van der Waals surface area contributed by atoms with Crippen molar-refractivity contribution in [2.45, 2.75) is 40.7 Å². The summed E-state index contributed by atoms with van der Waals surface area (Å²) in [6, 6.07) is 0.944. The number of alkyl halides is 2. The molecule has 1 rings (SSSR count). The van der Waals surface area contributed by atoms with Crippen molar-refractivity contribution >= 4 is 0 Å². The van der Waals surface area contributed by atoms with Gasteiger partial charge in [0.1, 0.15) is 0 Å². The van der Waals surface area contributed by atoms with Crippen LogP contribution in [0.5, 0.6) is 0 Å². The molecule has 0 aliphatic carbocycles. The predicted octanol–water partition coefficient (Wildman–Crippen LogP) is 3.67. The number of hydrogen-bond donors (Lipinski definition) is 1. The molecule has 0 saturated heterocycles. The van der Waals surface area contributed by atoms with E-state index in [1.165, 1.54) is 0 Å². The van der Waals surface area contributed by atoms with Crippen molar-refractivity contribution in [1.82, 2.24) is 4.98 Å². The molecule has 0 bridgehead atoms. The standard InChI is InChI=1S/C7H7F3N2.2C2H6/c8-6-4(7(9)10)1-2-12-5(6)3-11;2*1-2/h1-2,7H,3,11H2;2*1-2H3. The second-order valence-electron chi connectivity index (χ2n) is 2.17. The van der Waals surface area contributed by atoms with E-state index >= 15 is 0 Å². The molecular formula is C11H19F3N2. The molecule has 5 heteroatoms. The Morgan fingerprint density at radius 1 is 1.25 bits per heavy atom. The van der Waals surface area contributed by atoms with Crippen LogP contribution >= 0.6 is 0 Å². The van der Waals surface area contributed by atoms with Crippen LogP contribution in [-0.2, 0) is 6.54 Å². The van der Waals surface area contributed by atoms with Crippen LogP contribution in [0.2, 0.25) is 0 Å². The summed E-state index contributed by atoms with van der Waals surface area (Å²) in [6.07, 6.45) is -1.70. The van der Waals surface area contributed by atoms with Crippen LogP contribution < -0.4 is 5.73 Å². The van der Waals surface area contributed by atoms with Gasteiger partial charge < -0.3 is 5.73 Å². The highest BCUT2D eigenvalue weighted by Gasteiger charge is 2.15. The average molecular weight is 236 g/mol. The van der Waals surface area contributed by atoms with Crippen LogP contribution in [0.1, 0.15) is 45.4 Å². The summed E-state index contributed by atoms with van der Waals surface area (Å²) >= 11 is 0. The third kappa shape index (κ3) is 5.11. The SMILES string of the molecule is CC.CC.NCc1nccc(C(F)F)c1F. The predicted molar refractivity (Wildman–Crippen MR) is 59.7 cm³/mol. The average Bonchev–Trinajstić information content (AvgIpc) is 2.34. The summed E-state index contributed by atoms with van der Waals surface area (Å²) in [4.78, 5) is 3.51. The lowest BCUT2D eigenvalue weighted by molar-refractivity contribution is 0.146. The Hall–Kier alpha value is -1.10. The van der Waals surface area contributed by atoms with E-state index in [4.69, 9.17) is 5.73 Å². The third-order valence-electron chi connectivity index (χ3n) is 1.42. The molecule has 0 unspecified atom stereocenters. The molecule has 2 N–H and O–H groups in total. The van der Waals surface area contributed by atoms with E-state index in [0.29, 0.717) is 0 Å². The van der Waals surface area contributed by atoms with Gasteiger partial charge in [-0.3, -0.25) is 4.98 Å². The number of rotatable bonds is 2. The number of hydrogen-bond acceptors (Lipinski definition) is 2. The van der Waals surface area contributed by atoms with Gasteiger partial charge in [-0.15, -0.1) is 0 Å². The Labute approximate surface area is 94.7 Å². The summed E-state index contributed by atoms with van der Waals surface area (Å²) in [5.41, 5.74) is 4.29. The zero-order valence-electron chi connectivity index (χ0n) is 10.1. The van der Waals surface area contributed by atoms with Gasteiger partial charge in [-0.05, 0) is 6.07 Å². The van der Waals surface area contributed by atoms with Crippen LogP contribution in [-0.4, -0.2) is 4.98 Å². The van der Waals surface area contributed by atoms with Crippen molar-refractivity contribution < 1.29 is 13.2 Å². The molecule has 2 nitrogen and oxygen atoms in total. The first-order valence-corrected chi connectivity index (χ1v) is 5.28. The highest BCUT2D eigenvalue weighted by Crippen LogP contribution is 2.22. The first kappa shape index (κ1) is 17.3. The van der Waals surface area contributed by atoms with Gasteiger partial charge in [0.15, 0.2) is 5.82 Å². The molecule has 0 saturated carbocycles. The highest BCUT2D eigenvalue weighted by molar-refractivity contribution is 5.20. The molecule has 0 radical (unpaired) electrons. The van der Waals surface area contributed by atoms with E-state index in [-0.39, 0.29) is 12.2 Å². The largest absolute Gasteiger partial charge is 0.325 e. The topological polar surface area (TPSA) is 38.9 Å². The van der Waals surface area contributed by atoms with Crippen LogP contribution in [0.3, 0.4) is 0 Å². The Balaban J connectivity index is 0. The molecule has 0 fully saturated rings. The van der Waals surface area contributed by atoms with Gasteiger partial charge in [-0.25, -0.2) is 13.2 Å². The minimum atomic E-state index is -2.82. The molecule has 94 valence electrons. The van der Waals surface area contributed by atoms with Gasteiger partial charge in [-0.1, -0.05) is 27.7 Å². The molecule has 1 heterocycles. The van der Waals surface area contributed by atoms with E-state index in [1.54, 1.807) is 0 Å². The van der Waals surface area contributed by atoms with Crippen molar-refractivity contribution in [3.05, 3.63) is 29.3 Å². The highest BCUT2D eigenvalue weighted by atomic mass is 19.3. The molecule has 0 aliphatic rings. The Morgan fingerprint density at radius 2 is 1.75 bits per heavy atom. The molecule has 1 aromatic heterocycles. The number of nitrogens with two attached hydrogens (primary N) is 1. The zero-order chi connectivity index (χ0) is 13.1. The lowest BCUT2D eigenvalue weighted by Crippen LogP contribution is -2.05. The van der Waals surface area contributed by atoms with Gasteiger partial charge in [0.2, 0.25) is 0 Å². The van der Waals surface area contributed by atoms with E-state index in [1.807, 2.05) is 27.7 Å². The van der Waals surface area contributed by atoms with Gasteiger partial charge in [0, 0.05) is 12.7 Å². The lowest BCUT2D eigenvalue weighted by atomic mass is 10.2. The third-order valence-corrected chi connectivity index (χ3v) is 1.42. The van der Waals surface area contributed by atoms with Crippen LogP contribution in [0.25, 0.3) is 0 Å². The fraction of sp³-hybridized carbons (Fsp3) is 0.545. The number of nitrogens with zero attached hydrogens (tertiary/aromatic N) is 1. The monoisotopic (exact) mass is 236 g/mol. The first-order chi connectivity index (χ1) is 7.66. The quantitative estimate of drug-likeness (QED) is 0.850. The van der Waals surface area contributed by atoms with Gasteiger partial charge in [0.05, 0.1) is 11.3 Å². The van der Waals surface area contributed by atoms with Crippen molar-refractivity contribution in [1.29, 1.82) is 0 Å². The van der Waals surface area contributed by atoms with Crippen molar-refractivity contribution in [2.24, 2.45) is 5.73 Å². The summed E-state index contributed by atoms with van der Waals surface area (Å²) < 4.78 is 37.0. The summed E-state index contributed by atoms with van der Waals surface area (Å²) in [6.45, 7) is 7.83. The molecule has 0 aromatic carbocycles. The molecular weight excluding hydrogens is 217 g/mol. The first-order valence-electron chi connectivity index (χ1n) is 5.28. The maximum Gasteiger partial charge on any atom is 0.266 e. The molecule has 0 atom stereocenters. The van der Waals surface area contributed by atoms with Crippen LogP contribution in [0.4, 0.5) is 13.2 Å². The molecule has 0 spiro atoms. The number of pyridine rings is 1. The van der Waals surface area contributed by atoms with E-state index in [2.05, 4.69) is 4.98 Å². The molecule has 0 amide bonds. The van der Waals surface area contributed by atoms with Gasteiger partial charge >= 0.3 is 0 Å². The van der Waals surface area contributed by atoms with Gasteiger partial charge in [0.25, 0.3) is 6.43 Å². The smallest absolute Gasteiger partial charge is 0.266 e. The number of halogens is 3. The number of aromatic nitrogens is 1. The second kappa shape index (κ2) is 10.4. The summed E-state index contributed by atoms with van der Waals surface area (Å²) in [5.74, 6) is -1.00. The Bertz CT molecular complexity index is 278. The zero-order valence-corrected chi connectivity index (χ0v) is 10.1. The maximum absolute atomic E-state index is 12.9. The molecule has 16 heavy (non-hydrogen) atoms. The lowest BCUT2D eigenvalue weighted by Gasteiger charge is -2.03. The Morgan fingerprint density at radius 3 is 2.12 bits per heavy atom. The Kier molecular flexibility index (Phi) is 11.3.